The fraction of sp³-hybridized carbons (Fsp3) is 0.200. The Morgan fingerprint density at radius 1 is 0.707 bits per heavy atom. The molecule has 0 unspecified atom stereocenters. The van der Waals surface area contributed by atoms with Gasteiger partial charge in [0.1, 0.15) is 13.2 Å². The Kier molecular flexibility index (Phi) is 17.0. The number of piperidine rings is 1. The third kappa shape index (κ3) is 13.4. The highest BCUT2D eigenvalue weighted by atomic mass is 16.5. The van der Waals surface area contributed by atoms with Gasteiger partial charge in [-0.25, -0.2) is 4.79 Å². The first-order valence-corrected chi connectivity index (χ1v) is 18.0. The van der Waals surface area contributed by atoms with Crippen molar-refractivity contribution in [3.8, 4) is 47.7 Å². The van der Waals surface area contributed by atoms with Gasteiger partial charge in [0.25, 0.3) is 5.91 Å². The molecule has 1 saturated heterocycles. The first-order valence-electron chi connectivity index (χ1n) is 18.0. The van der Waals surface area contributed by atoms with Crippen molar-refractivity contribution < 1.29 is 43.2 Å². The van der Waals surface area contributed by atoms with E-state index in [-0.39, 0.29) is 42.3 Å². The zero-order valence-electron chi connectivity index (χ0n) is 32.1. The number of hydrogen-bond acceptors (Lipinski definition) is 9. The van der Waals surface area contributed by atoms with E-state index in [1.165, 1.54) is 38.5 Å². The maximum atomic E-state index is 12.7. The molecule has 5 N–H and O–H groups in total. The number of para-hydroxylation sites is 2. The van der Waals surface area contributed by atoms with E-state index in [0.29, 0.717) is 39.8 Å². The van der Waals surface area contributed by atoms with Gasteiger partial charge in [-0.15, -0.1) is 12.8 Å². The number of carbonyl (C=O) groups excluding carboxylic acids is 3. The minimum Gasteiger partial charge on any atom is -0.493 e. The van der Waals surface area contributed by atoms with Crippen molar-refractivity contribution in [2.24, 2.45) is 0 Å². The topological polar surface area (TPSA) is 174 Å². The number of carboxylic acids is 1. The van der Waals surface area contributed by atoms with E-state index < -0.39 is 11.9 Å². The summed E-state index contributed by atoms with van der Waals surface area (Å²) < 4.78 is 21.3. The van der Waals surface area contributed by atoms with Gasteiger partial charge in [-0.3, -0.25) is 14.4 Å². The normalized spacial score (nSPS) is 12.2. The second kappa shape index (κ2) is 22.8. The van der Waals surface area contributed by atoms with E-state index in [1.807, 2.05) is 0 Å². The summed E-state index contributed by atoms with van der Waals surface area (Å²) in [7, 11) is 3.03. The van der Waals surface area contributed by atoms with E-state index in [9.17, 15) is 19.2 Å². The quantitative estimate of drug-likeness (QED) is 0.0722. The third-order valence-corrected chi connectivity index (χ3v) is 8.37. The highest BCUT2D eigenvalue weighted by Crippen LogP contribution is 2.29. The number of anilines is 2. The van der Waals surface area contributed by atoms with Crippen LogP contribution in [0.25, 0.3) is 12.2 Å². The zero-order chi connectivity index (χ0) is 41.7. The smallest absolute Gasteiger partial charge is 0.337 e. The lowest BCUT2D eigenvalue weighted by Gasteiger charge is -2.24. The zero-order valence-corrected chi connectivity index (χ0v) is 32.1. The number of amides is 3. The maximum Gasteiger partial charge on any atom is 0.337 e. The molecule has 1 aliphatic heterocycles. The standard InChI is InChI=1S/C25H27N3O4.C20H17NO5/c1-3-16-32-22-10-8-18(17-23(22)31-2)9-11-24(29)28-21-7-5-4-6-20(21)25(30)27-19-12-14-26-15-13-19;1-3-12-26-17-10-8-14(13-18(17)25-2)9-11-19(22)21-16-7-5-4-6-15(16)20(23)24/h1,4-11,17,19,26H,12-16H2,2H3,(H,27,30)(H,28,29);1,4-11,13H,12H2,2H3,(H,21,22)(H,23,24)/b2*11-9+. The van der Waals surface area contributed by atoms with E-state index in [2.05, 4.69) is 33.1 Å². The molecule has 0 radical (unpaired) electrons. The van der Waals surface area contributed by atoms with Gasteiger partial charge < -0.3 is 45.3 Å². The lowest BCUT2D eigenvalue weighted by molar-refractivity contribution is -0.112. The number of ether oxygens (including phenoxy) is 4. The van der Waals surface area contributed by atoms with Crippen LogP contribution in [0.4, 0.5) is 11.4 Å². The summed E-state index contributed by atoms with van der Waals surface area (Å²) >= 11 is 0. The molecule has 0 bridgehead atoms. The van der Waals surface area contributed by atoms with Gasteiger partial charge in [-0.1, -0.05) is 48.2 Å². The van der Waals surface area contributed by atoms with Gasteiger partial charge >= 0.3 is 5.97 Å². The van der Waals surface area contributed by atoms with Crippen LogP contribution in [0.5, 0.6) is 23.0 Å². The second-order valence-corrected chi connectivity index (χ2v) is 12.3. The molecule has 1 fully saturated rings. The van der Waals surface area contributed by atoms with Gasteiger partial charge in [0.05, 0.1) is 36.7 Å². The van der Waals surface area contributed by atoms with Crippen molar-refractivity contribution in [3.63, 3.8) is 0 Å². The van der Waals surface area contributed by atoms with Crippen LogP contribution in [0, 0.1) is 24.7 Å². The average Bonchev–Trinajstić information content (AvgIpc) is 3.24. The van der Waals surface area contributed by atoms with Crippen molar-refractivity contribution >= 4 is 47.2 Å². The summed E-state index contributed by atoms with van der Waals surface area (Å²) in [5.74, 6) is 4.70. The molecule has 4 aromatic rings. The number of carbonyl (C=O) groups is 4. The SMILES string of the molecule is C#CCOc1ccc(/C=C/C(=O)Nc2ccccc2C(=O)NC2CCNCC2)cc1OC.C#CCOc1ccc(/C=C/C(=O)Nc2ccccc2C(=O)O)cc1OC. The molecule has 0 aromatic heterocycles. The molecule has 298 valence electrons. The summed E-state index contributed by atoms with van der Waals surface area (Å²) in [5.41, 5.74) is 2.60. The lowest BCUT2D eigenvalue weighted by Crippen LogP contribution is -2.42. The highest BCUT2D eigenvalue weighted by molar-refractivity contribution is 6.08. The van der Waals surface area contributed by atoms with E-state index in [0.717, 1.165) is 31.5 Å². The Bertz CT molecular complexity index is 2210. The number of rotatable bonds is 15. The summed E-state index contributed by atoms with van der Waals surface area (Å²) in [5, 5.41) is 20.8. The van der Waals surface area contributed by atoms with Crippen molar-refractivity contribution in [1.29, 1.82) is 0 Å². The predicted octanol–water partition coefficient (Wildman–Crippen LogP) is 5.90. The molecule has 58 heavy (non-hydrogen) atoms. The summed E-state index contributed by atoms with van der Waals surface area (Å²) in [4.78, 5) is 48.4. The number of terminal acetylenes is 2. The molecule has 0 spiro atoms. The van der Waals surface area contributed by atoms with Gasteiger partial charge in [0.2, 0.25) is 11.8 Å². The number of methoxy groups -OCH3 is 2. The van der Waals surface area contributed by atoms with E-state index >= 15 is 0 Å². The van der Waals surface area contributed by atoms with Crippen molar-refractivity contribution in [1.82, 2.24) is 10.6 Å². The van der Waals surface area contributed by atoms with Crippen LogP contribution in [0.1, 0.15) is 44.7 Å². The highest BCUT2D eigenvalue weighted by Gasteiger charge is 2.19. The van der Waals surface area contributed by atoms with Crippen molar-refractivity contribution in [2.75, 3.05) is 51.2 Å². The van der Waals surface area contributed by atoms with Crippen LogP contribution in [0.2, 0.25) is 0 Å². The number of aromatic carboxylic acids is 1. The van der Waals surface area contributed by atoms with Crippen molar-refractivity contribution in [3.05, 3.63) is 119 Å². The maximum absolute atomic E-state index is 12.7. The molecular weight excluding hydrogens is 741 g/mol. The fourth-order valence-corrected chi connectivity index (χ4v) is 5.54. The molecule has 13 nitrogen and oxygen atoms in total. The summed E-state index contributed by atoms with van der Waals surface area (Å²) in [6.45, 7) is 2.03. The monoisotopic (exact) mass is 784 g/mol. The largest absolute Gasteiger partial charge is 0.493 e. The van der Waals surface area contributed by atoms with Gasteiger partial charge in [0, 0.05) is 18.2 Å². The second-order valence-electron chi connectivity index (χ2n) is 12.3. The molecule has 4 aromatic carbocycles. The van der Waals surface area contributed by atoms with Gasteiger partial charge in [0.15, 0.2) is 23.0 Å². The molecule has 1 aliphatic rings. The molecule has 1 heterocycles. The number of carboxylic acid groups (broad SMARTS) is 1. The Morgan fingerprint density at radius 2 is 1.17 bits per heavy atom. The summed E-state index contributed by atoms with van der Waals surface area (Å²) in [6, 6.07) is 23.7. The minimum absolute atomic E-state index is 0.0194. The Labute approximate surface area is 337 Å². The number of hydrogen-bond donors (Lipinski definition) is 5. The molecule has 0 atom stereocenters. The average molecular weight is 785 g/mol. The summed E-state index contributed by atoms with van der Waals surface area (Å²) in [6.07, 6.45) is 18.1. The Hall–Kier alpha value is -7.48. The number of nitrogens with one attached hydrogen (secondary N) is 4. The van der Waals surface area contributed by atoms with Crippen LogP contribution in [0.15, 0.2) is 97.1 Å². The van der Waals surface area contributed by atoms with Crippen LogP contribution < -0.4 is 40.2 Å². The molecule has 5 rings (SSSR count). The molecule has 3 amide bonds. The van der Waals surface area contributed by atoms with Crippen LogP contribution in [-0.4, -0.2) is 75.4 Å². The van der Waals surface area contributed by atoms with Crippen LogP contribution in [-0.2, 0) is 9.59 Å². The lowest BCUT2D eigenvalue weighted by atomic mass is 10.1. The van der Waals surface area contributed by atoms with Crippen LogP contribution >= 0.6 is 0 Å². The van der Waals surface area contributed by atoms with Crippen LogP contribution in [0.3, 0.4) is 0 Å². The minimum atomic E-state index is -1.11. The molecule has 0 aliphatic carbocycles. The van der Waals surface area contributed by atoms with Gasteiger partial charge in [-0.2, -0.15) is 0 Å². The molecule has 0 saturated carbocycles. The Balaban J connectivity index is 0.000000262. The van der Waals surface area contributed by atoms with Crippen molar-refractivity contribution in [2.45, 2.75) is 18.9 Å². The van der Waals surface area contributed by atoms with E-state index in [1.54, 1.807) is 84.9 Å². The number of benzene rings is 4. The first-order chi connectivity index (χ1) is 28.1. The predicted molar refractivity (Wildman–Crippen MR) is 223 cm³/mol. The van der Waals surface area contributed by atoms with E-state index in [4.69, 9.17) is 36.9 Å². The third-order valence-electron chi connectivity index (χ3n) is 8.37. The first kappa shape index (κ1) is 43.3. The Morgan fingerprint density at radius 3 is 1.64 bits per heavy atom. The fourth-order valence-electron chi connectivity index (χ4n) is 5.54. The van der Waals surface area contributed by atoms with Gasteiger partial charge in [-0.05, 0) is 97.7 Å². The molecule has 13 heteroatoms. The molecular formula is C45H44N4O9.